The van der Waals surface area contributed by atoms with Crippen molar-refractivity contribution in [1.82, 2.24) is 0 Å². The van der Waals surface area contributed by atoms with E-state index in [-0.39, 0.29) is 17.1 Å². The molecule has 0 atom stereocenters. The van der Waals surface area contributed by atoms with E-state index in [0.717, 1.165) is 13.2 Å². The molecule has 0 N–H and O–H groups in total. The Labute approximate surface area is 64.2 Å². The maximum absolute atomic E-state index is 10.00. The Balaban J connectivity index is 0. The topological polar surface area (TPSA) is 60.4 Å². The molecule has 0 bridgehead atoms. The van der Waals surface area contributed by atoms with Crippen LogP contribution in [0.4, 0.5) is 0 Å². The van der Waals surface area contributed by atoms with Crippen LogP contribution in [0.2, 0.25) is 0 Å². The van der Waals surface area contributed by atoms with Crippen LogP contribution >= 0.6 is 0 Å². The van der Waals surface area contributed by atoms with Gasteiger partial charge in [-0.1, -0.05) is 0 Å². The van der Waals surface area contributed by atoms with Gasteiger partial charge in [-0.05, 0) is 0 Å². The predicted molar refractivity (Wildman–Crippen MR) is 26.6 cm³/mol. The van der Waals surface area contributed by atoms with Gasteiger partial charge in [0.15, 0.2) is 0 Å². The van der Waals surface area contributed by atoms with Gasteiger partial charge in [-0.25, -0.2) is 0 Å². The standard InChI is InChI=1S/C3H6O4S.Cu/c1-3(4)7-8(2,5)6;/h1-2H3;. The number of rotatable bonds is 1. The Kier molecular flexibility index (Phi) is 5.03. The van der Waals surface area contributed by atoms with E-state index in [4.69, 9.17) is 0 Å². The zero-order chi connectivity index (χ0) is 6.78. The Morgan fingerprint density at radius 3 is 1.78 bits per heavy atom. The summed E-state index contributed by atoms with van der Waals surface area (Å²) >= 11 is 0. The van der Waals surface area contributed by atoms with E-state index >= 15 is 0 Å². The normalized spacial score (nSPS) is 9.56. The largest absolute Gasteiger partial charge is 0.346 e. The van der Waals surface area contributed by atoms with Gasteiger partial charge in [0.25, 0.3) is 0 Å². The van der Waals surface area contributed by atoms with Crippen molar-refractivity contribution in [2.24, 2.45) is 0 Å². The van der Waals surface area contributed by atoms with Crippen molar-refractivity contribution in [1.29, 1.82) is 0 Å². The van der Waals surface area contributed by atoms with Gasteiger partial charge < -0.3 is 4.18 Å². The molecular weight excluding hydrogens is 196 g/mol. The van der Waals surface area contributed by atoms with Crippen molar-refractivity contribution in [3.63, 3.8) is 0 Å². The van der Waals surface area contributed by atoms with Crippen LogP contribution in [-0.2, 0) is 36.2 Å². The molecule has 0 aromatic rings. The second kappa shape index (κ2) is 3.87. The van der Waals surface area contributed by atoms with Crippen LogP contribution in [0.1, 0.15) is 6.92 Å². The fraction of sp³-hybridized carbons (Fsp3) is 0.667. The summed E-state index contributed by atoms with van der Waals surface area (Å²) in [6.45, 7) is 1.03. The molecule has 0 fully saturated rings. The summed E-state index contributed by atoms with van der Waals surface area (Å²) in [5.41, 5.74) is 0. The molecule has 1 radical (unpaired) electrons. The smallest absolute Gasteiger partial charge is 0.319 e. The first-order valence-corrected chi connectivity index (χ1v) is 3.63. The predicted octanol–water partition coefficient (Wildman–Crippen LogP) is -0.493. The molecule has 0 saturated heterocycles. The van der Waals surface area contributed by atoms with Gasteiger partial charge in [-0.3, -0.25) is 4.79 Å². The minimum Gasteiger partial charge on any atom is -0.346 e. The van der Waals surface area contributed by atoms with E-state index in [1.165, 1.54) is 0 Å². The van der Waals surface area contributed by atoms with Crippen LogP contribution in [0.15, 0.2) is 0 Å². The zero-order valence-corrected chi connectivity index (χ0v) is 6.60. The zero-order valence-electron chi connectivity index (χ0n) is 4.84. The van der Waals surface area contributed by atoms with Gasteiger partial charge in [-0.15, -0.1) is 0 Å². The molecule has 0 rings (SSSR count). The van der Waals surface area contributed by atoms with E-state index in [0.29, 0.717) is 0 Å². The molecule has 0 spiro atoms. The average molecular weight is 202 g/mol. The molecule has 59 valence electrons. The summed E-state index contributed by atoms with van der Waals surface area (Å²) in [5.74, 6) is -0.812. The molecule has 6 heteroatoms. The summed E-state index contributed by atoms with van der Waals surface area (Å²) in [6.07, 6.45) is 0.814. The van der Waals surface area contributed by atoms with Crippen molar-refractivity contribution in [2.75, 3.05) is 6.26 Å². The van der Waals surface area contributed by atoms with Gasteiger partial charge in [0.1, 0.15) is 0 Å². The third-order valence-electron chi connectivity index (χ3n) is 0.269. The monoisotopic (exact) mass is 201 g/mol. The van der Waals surface area contributed by atoms with Gasteiger partial charge in [-0.2, -0.15) is 8.42 Å². The van der Waals surface area contributed by atoms with Crippen LogP contribution in [0.25, 0.3) is 0 Å². The molecule has 0 unspecified atom stereocenters. The van der Waals surface area contributed by atoms with Crippen LogP contribution in [0.3, 0.4) is 0 Å². The molecule has 0 aliphatic rings. The van der Waals surface area contributed by atoms with Gasteiger partial charge in [0, 0.05) is 24.0 Å². The Morgan fingerprint density at radius 1 is 1.44 bits per heavy atom. The molecule has 0 aliphatic heterocycles. The van der Waals surface area contributed by atoms with Gasteiger partial charge in [0.05, 0.1) is 6.26 Å². The molecule has 0 saturated carbocycles. The molecule has 0 aromatic carbocycles. The molecule has 0 heterocycles. The van der Waals surface area contributed by atoms with Crippen molar-refractivity contribution < 1.29 is 34.5 Å². The van der Waals surface area contributed by atoms with Crippen LogP contribution < -0.4 is 0 Å². The summed E-state index contributed by atoms with van der Waals surface area (Å²) < 4.78 is 23.8. The number of hydrogen-bond donors (Lipinski definition) is 0. The molecule has 0 aliphatic carbocycles. The number of carbonyl (C=O) groups excluding carboxylic acids is 1. The van der Waals surface area contributed by atoms with E-state index in [2.05, 4.69) is 4.18 Å². The first-order chi connectivity index (χ1) is 3.42. The van der Waals surface area contributed by atoms with Crippen molar-refractivity contribution in [2.45, 2.75) is 6.92 Å². The number of carbonyl (C=O) groups is 1. The average Bonchev–Trinajstić information content (AvgIpc) is 1.21. The summed E-state index contributed by atoms with van der Waals surface area (Å²) in [7, 11) is -3.57. The molecule has 0 aromatic heterocycles. The van der Waals surface area contributed by atoms with Crippen molar-refractivity contribution >= 4 is 16.1 Å². The maximum atomic E-state index is 10.00. The maximum Gasteiger partial charge on any atom is 0.319 e. The van der Waals surface area contributed by atoms with E-state index in [1.807, 2.05) is 0 Å². The Morgan fingerprint density at radius 2 is 1.78 bits per heavy atom. The minimum atomic E-state index is -3.57. The summed E-state index contributed by atoms with van der Waals surface area (Å²) in [4.78, 5) is 9.86. The van der Waals surface area contributed by atoms with E-state index < -0.39 is 16.1 Å². The fourth-order valence-corrected chi connectivity index (χ4v) is 0.640. The molecule has 4 nitrogen and oxygen atoms in total. The van der Waals surface area contributed by atoms with Crippen molar-refractivity contribution in [3.8, 4) is 0 Å². The van der Waals surface area contributed by atoms with Crippen LogP contribution in [0.5, 0.6) is 0 Å². The minimum absolute atomic E-state index is 0. The molecule has 0 amide bonds. The van der Waals surface area contributed by atoms with Crippen LogP contribution in [-0.4, -0.2) is 20.6 Å². The van der Waals surface area contributed by atoms with E-state index in [9.17, 15) is 13.2 Å². The SMILES string of the molecule is CC(=O)OS(C)(=O)=O.[Cu]. The first kappa shape index (κ1) is 11.7. The van der Waals surface area contributed by atoms with Gasteiger partial charge >= 0.3 is 16.1 Å². The summed E-state index contributed by atoms with van der Waals surface area (Å²) in [6, 6.07) is 0. The third kappa shape index (κ3) is 11.5. The van der Waals surface area contributed by atoms with Crippen molar-refractivity contribution in [3.05, 3.63) is 0 Å². The second-order valence-electron chi connectivity index (χ2n) is 1.28. The first-order valence-electron chi connectivity index (χ1n) is 1.82. The molecule has 9 heavy (non-hydrogen) atoms. The van der Waals surface area contributed by atoms with E-state index in [1.54, 1.807) is 0 Å². The quantitative estimate of drug-likeness (QED) is 0.424. The fourth-order valence-electron chi connectivity index (χ4n) is 0.213. The van der Waals surface area contributed by atoms with Gasteiger partial charge in [0.2, 0.25) is 0 Å². The second-order valence-corrected chi connectivity index (χ2v) is 2.85. The number of hydrogen-bond acceptors (Lipinski definition) is 4. The third-order valence-corrected chi connectivity index (χ3v) is 0.806. The summed E-state index contributed by atoms with van der Waals surface area (Å²) in [5, 5.41) is 0. The Bertz CT molecular complexity index is 182. The molecular formula is C3H6CuO4S. The van der Waals surface area contributed by atoms with Crippen LogP contribution in [0, 0.1) is 0 Å². The Hall–Kier alpha value is -0.0605.